The van der Waals surface area contributed by atoms with E-state index < -0.39 is 12.7 Å². The molecule has 1 atom stereocenters. The minimum atomic E-state index is -4.15. The summed E-state index contributed by atoms with van der Waals surface area (Å²) in [6.45, 7) is 5.63. The van der Waals surface area contributed by atoms with Crippen LogP contribution in [0.4, 0.5) is 13.2 Å². The Kier molecular flexibility index (Phi) is 9.25. The highest BCUT2D eigenvalue weighted by Gasteiger charge is 2.33. The Morgan fingerprint density at radius 1 is 1.37 bits per heavy atom. The molecule has 1 aromatic heterocycles. The summed E-state index contributed by atoms with van der Waals surface area (Å²) < 4.78 is 39.8. The fourth-order valence-electron chi connectivity index (χ4n) is 3.19. The second-order valence-electron chi connectivity index (χ2n) is 6.67. The standard InChI is InChI=1S/C16H28F3N7.HI/c1-5-25(11-16(17,18)19)9-13-6-7-26(10-13)15(20-3)21-8-14-23-22-12(2)24(14)4;/h13H,5-11H2,1-4H3,(H,20,21);1H. The van der Waals surface area contributed by atoms with Crippen LogP contribution in [0, 0.1) is 12.8 Å². The van der Waals surface area contributed by atoms with E-state index in [-0.39, 0.29) is 29.9 Å². The van der Waals surface area contributed by atoms with Crippen molar-refractivity contribution in [3.63, 3.8) is 0 Å². The first-order chi connectivity index (χ1) is 12.2. The monoisotopic (exact) mass is 503 g/mol. The number of hydrogen-bond acceptors (Lipinski definition) is 4. The summed E-state index contributed by atoms with van der Waals surface area (Å²) >= 11 is 0. The lowest BCUT2D eigenvalue weighted by Crippen LogP contribution is -2.41. The summed E-state index contributed by atoms with van der Waals surface area (Å²) in [4.78, 5) is 7.85. The predicted octanol–water partition coefficient (Wildman–Crippen LogP) is 2.02. The average molecular weight is 503 g/mol. The highest BCUT2D eigenvalue weighted by Crippen LogP contribution is 2.21. The third-order valence-electron chi connectivity index (χ3n) is 4.75. The van der Waals surface area contributed by atoms with Crippen molar-refractivity contribution in [1.82, 2.24) is 29.9 Å². The van der Waals surface area contributed by atoms with Crippen molar-refractivity contribution in [2.75, 3.05) is 39.8 Å². The SMILES string of the molecule is CCN(CC1CCN(C(=NC)NCc2nnc(C)n2C)C1)CC(F)(F)F.I. The molecule has 0 bridgehead atoms. The van der Waals surface area contributed by atoms with E-state index in [1.807, 2.05) is 18.5 Å². The Labute approximate surface area is 175 Å². The topological polar surface area (TPSA) is 61.6 Å². The molecule has 0 radical (unpaired) electrons. The van der Waals surface area contributed by atoms with Gasteiger partial charge in [0.05, 0.1) is 13.1 Å². The fraction of sp³-hybridized carbons (Fsp3) is 0.812. The maximum absolute atomic E-state index is 12.6. The lowest BCUT2D eigenvalue weighted by atomic mass is 10.1. The summed E-state index contributed by atoms with van der Waals surface area (Å²) in [7, 11) is 3.61. The largest absolute Gasteiger partial charge is 0.401 e. The van der Waals surface area contributed by atoms with E-state index in [0.29, 0.717) is 26.2 Å². The van der Waals surface area contributed by atoms with Crippen molar-refractivity contribution in [1.29, 1.82) is 0 Å². The number of rotatable bonds is 6. The van der Waals surface area contributed by atoms with Crippen LogP contribution >= 0.6 is 24.0 Å². The van der Waals surface area contributed by atoms with E-state index in [4.69, 9.17) is 0 Å². The van der Waals surface area contributed by atoms with Gasteiger partial charge in [0.2, 0.25) is 0 Å². The zero-order chi connectivity index (χ0) is 19.3. The minimum Gasteiger partial charge on any atom is -0.349 e. The molecule has 1 saturated heterocycles. The highest BCUT2D eigenvalue weighted by atomic mass is 127. The molecule has 11 heteroatoms. The van der Waals surface area contributed by atoms with Gasteiger partial charge in [-0.25, -0.2) is 0 Å². The van der Waals surface area contributed by atoms with E-state index in [2.05, 4.69) is 25.4 Å². The van der Waals surface area contributed by atoms with Crippen molar-refractivity contribution < 1.29 is 13.2 Å². The van der Waals surface area contributed by atoms with Gasteiger partial charge in [-0.1, -0.05) is 6.92 Å². The van der Waals surface area contributed by atoms with Crippen LogP contribution in [-0.2, 0) is 13.6 Å². The van der Waals surface area contributed by atoms with Crippen LogP contribution in [0.1, 0.15) is 25.0 Å². The molecule has 7 nitrogen and oxygen atoms in total. The lowest BCUT2D eigenvalue weighted by molar-refractivity contribution is -0.146. The van der Waals surface area contributed by atoms with E-state index in [1.54, 1.807) is 14.0 Å². The van der Waals surface area contributed by atoms with E-state index in [1.165, 1.54) is 4.90 Å². The van der Waals surface area contributed by atoms with Crippen LogP contribution in [0.2, 0.25) is 0 Å². The highest BCUT2D eigenvalue weighted by molar-refractivity contribution is 14.0. The molecular formula is C16H29F3IN7. The number of guanidine groups is 1. The molecule has 0 saturated carbocycles. The Hall–Kier alpha value is -1.11. The summed E-state index contributed by atoms with van der Waals surface area (Å²) in [6.07, 6.45) is -3.29. The summed E-state index contributed by atoms with van der Waals surface area (Å²) in [5, 5.41) is 11.4. The average Bonchev–Trinajstić information content (AvgIpc) is 3.15. The van der Waals surface area contributed by atoms with Gasteiger partial charge >= 0.3 is 6.18 Å². The second kappa shape index (κ2) is 10.4. The van der Waals surface area contributed by atoms with Gasteiger partial charge in [0.15, 0.2) is 11.8 Å². The maximum Gasteiger partial charge on any atom is 0.401 e. The molecule has 1 N–H and O–H groups in total. The Bertz CT molecular complexity index is 618. The number of halogens is 4. The summed E-state index contributed by atoms with van der Waals surface area (Å²) in [6, 6.07) is 0. The molecule has 156 valence electrons. The van der Waals surface area contributed by atoms with Crippen molar-refractivity contribution in [3.8, 4) is 0 Å². The van der Waals surface area contributed by atoms with Gasteiger partial charge in [-0.15, -0.1) is 34.2 Å². The second-order valence-corrected chi connectivity index (χ2v) is 6.67. The normalized spacial score (nSPS) is 18.1. The van der Waals surface area contributed by atoms with E-state index in [0.717, 1.165) is 30.6 Å². The fourth-order valence-corrected chi connectivity index (χ4v) is 3.19. The molecule has 27 heavy (non-hydrogen) atoms. The lowest BCUT2D eigenvalue weighted by Gasteiger charge is -2.26. The van der Waals surface area contributed by atoms with E-state index >= 15 is 0 Å². The summed E-state index contributed by atoms with van der Waals surface area (Å²) in [5.74, 6) is 2.59. The summed E-state index contributed by atoms with van der Waals surface area (Å²) in [5.41, 5.74) is 0. The van der Waals surface area contributed by atoms with Gasteiger partial charge in [0, 0.05) is 33.7 Å². The van der Waals surface area contributed by atoms with Crippen LogP contribution in [0.25, 0.3) is 0 Å². The van der Waals surface area contributed by atoms with Gasteiger partial charge in [-0.05, 0) is 25.8 Å². The van der Waals surface area contributed by atoms with Gasteiger partial charge in [0.25, 0.3) is 0 Å². The van der Waals surface area contributed by atoms with Crippen molar-refractivity contribution in [2.45, 2.75) is 33.0 Å². The zero-order valence-electron chi connectivity index (χ0n) is 16.3. The predicted molar refractivity (Wildman–Crippen MR) is 109 cm³/mol. The Balaban J connectivity index is 0.00000364. The number of likely N-dealkylation sites (tertiary alicyclic amines) is 1. The quantitative estimate of drug-likeness (QED) is 0.366. The first-order valence-electron chi connectivity index (χ1n) is 8.83. The molecular weight excluding hydrogens is 474 g/mol. The number of aryl methyl sites for hydroxylation is 1. The molecule has 0 aromatic carbocycles. The Morgan fingerprint density at radius 3 is 2.59 bits per heavy atom. The molecule has 0 amide bonds. The zero-order valence-corrected chi connectivity index (χ0v) is 18.6. The van der Waals surface area contributed by atoms with E-state index in [9.17, 15) is 13.2 Å². The first kappa shape index (κ1) is 23.9. The number of hydrogen-bond donors (Lipinski definition) is 1. The molecule has 1 aromatic rings. The van der Waals surface area contributed by atoms with Crippen molar-refractivity contribution in [2.24, 2.45) is 18.0 Å². The molecule has 2 rings (SSSR count). The molecule has 1 unspecified atom stereocenters. The van der Waals surface area contributed by atoms with Gasteiger partial charge < -0.3 is 14.8 Å². The third-order valence-corrected chi connectivity index (χ3v) is 4.75. The number of nitrogens with one attached hydrogen (secondary N) is 1. The third kappa shape index (κ3) is 7.09. The molecule has 0 aliphatic carbocycles. The maximum atomic E-state index is 12.6. The van der Waals surface area contributed by atoms with Crippen molar-refractivity contribution in [3.05, 3.63) is 11.6 Å². The van der Waals surface area contributed by atoms with Crippen LogP contribution in [0.5, 0.6) is 0 Å². The molecule has 1 aliphatic rings. The molecule has 1 fully saturated rings. The molecule has 0 spiro atoms. The van der Waals surface area contributed by atoms with Crippen LogP contribution in [0.15, 0.2) is 4.99 Å². The van der Waals surface area contributed by atoms with Crippen LogP contribution in [-0.4, -0.2) is 76.5 Å². The molecule has 1 aliphatic heterocycles. The minimum absolute atomic E-state index is 0. The van der Waals surface area contributed by atoms with Gasteiger partial charge in [-0.2, -0.15) is 13.2 Å². The van der Waals surface area contributed by atoms with Gasteiger partial charge in [0.1, 0.15) is 5.82 Å². The smallest absolute Gasteiger partial charge is 0.349 e. The first-order valence-corrected chi connectivity index (χ1v) is 8.83. The Morgan fingerprint density at radius 2 is 2.07 bits per heavy atom. The number of aliphatic imine (C=N–C) groups is 1. The van der Waals surface area contributed by atoms with Crippen LogP contribution in [0.3, 0.4) is 0 Å². The molecule has 2 heterocycles. The van der Waals surface area contributed by atoms with Crippen molar-refractivity contribution >= 4 is 29.9 Å². The number of aromatic nitrogens is 3. The number of alkyl halides is 3. The van der Waals surface area contributed by atoms with Crippen LogP contribution < -0.4 is 5.32 Å². The van der Waals surface area contributed by atoms with Gasteiger partial charge in [-0.3, -0.25) is 9.89 Å². The number of nitrogens with zero attached hydrogens (tertiary/aromatic N) is 6.